The lowest BCUT2D eigenvalue weighted by Gasteiger charge is -2.22. The maximum absolute atomic E-state index is 2.44. The van der Waals surface area contributed by atoms with E-state index in [0.29, 0.717) is 0 Å². The molecule has 0 bridgehead atoms. The molecule has 0 N–H and O–H groups in total. The van der Waals surface area contributed by atoms with Crippen LogP contribution in [-0.4, -0.2) is 0 Å². The normalized spacial score (nSPS) is 12.7. The van der Waals surface area contributed by atoms with Gasteiger partial charge in [0.2, 0.25) is 0 Å². The van der Waals surface area contributed by atoms with E-state index in [1.807, 2.05) is 0 Å². The summed E-state index contributed by atoms with van der Waals surface area (Å²) >= 11 is 0. The summed E-state index contributed by atoms with van der Waals surface area (Å²) in [6.45, 7) is 4.72. The molecule has 0 aromatic heterocycles. The highest BCUT2D eigenvalue weighted by Gasteiger charge is 2.35. The highest BCUT2D eigenvalue weighted by molar-refractivity contribution is 6.24. The predicted molar refractivity (Wildman–Crippen MR) is 269 cm³/mol. The van der Waals surface area contributed by atoms with Gasteiger partial charge in [-0.1, -0.05) is 214 Å². The highest BCUT2D eigenvalue weighted by Crippen LogP contribution is 2.51. The summed E-state index contributed by atoms with van der Waals surface area (Å²) in [5, 5.41) is 7.41. The van der Waals surface area contributed by atoms with Crippen LogP contribution < -0.4 is 0 Å². The fraction of sp³-hybridized carbons (Fsp3) is 0.0476. The maximum Gasteiger partial charge on any atom is 0.0159 e. The molecule has 0 unspecified atom stereocenters. The van der Waals surface area contributed by atoms with Gasteiger partial charge in [0.15, 0.2) is 0 Å². The molecule has 63 heavy (non-hydrogen) atoms. The fourth-order valence-corrected chi connectivity index (χ4v) is 10.5. The molecular weight excluding hydrogens is 757 g/mol. The van der Waals surface area contributed by atoms with Crippen LogP contribution in [0.2, 0.25) is 0 Å². The lowest BCUT2D eigenvalue weighted by molar-refractivity contribution is 0.660. The third kappa shape index (κ3) is 6.13. The van der Waals surface area contributed by atoms with Crippen LogP contribution in [-0.2, 0) is 5.41 Å². The van der Waals surface area contributed by atoms with Crippen molar-refractivity contribution in [2.45, 2.75) is 19.3 Å². The molecular formula is C63H44. The van der Waals surface area contributed by atoms with Crippen molar-refractivity contribution in [1.29, 1.82) is 0 Å². The lowest BCUT2D eigenvalue weighted by Crippen LogP contribution is -2.14. The Balaban J connectivity index is 1.13. The van der Waals surface area contributed by atoms with Crippen LogP contribution in [0.15, 0.2) is 231 Å². The second kappa shape index (κ2) is 14.7. The van der Waals surface area contributed by atoms with Crippen LogP contribution in [0, 0.1) is 0 Å². The van der Waals surface area contributed by atoms with Gasteiger partial charge in [-0.15, -0.1) is 0 Å². The number of fused-ring (bicyclic) bond motifs is 6. The monoisotopic (exact) mass is 800 g/mol. The smallest absolute Gasteiger partial charge is 0.0159 e. The molecule has 11 aromatic rings. The molecule has 11 aromatic carbocycles. The van der Waals surface area contributed by atoms with Gasteiger partial charge in [0, 0.05) is 5.41 Å². The third-order valence-electron chi connectivity index (χ3n) is 13.7. The average Bonchev–Trinajstić information content (AvgIpc) is 3.58. The van der Waals surface area contributed by atoms with Crippen LogP contribution >= 0.6 is 0 Å². The zero-order valence-corrected chi connectivity index (χ0v) is 35.4. The molecule has 0 saturated heterocycles. The maximum atomic E-state index is 2.44. The first-order chi connectivity index (χ1) is 31.0. The van der Waals surface area contributed by atoms with E-state index in [4.69, 9.17) is 0 Å². The van der Waals surface area contributed by atoms with E-state index < -0.39 is 0 Å². The Bertz CT molecular complexity index is 3540. The van der Waals surface area contributed by atoms with Crippen molar-refractivity contribution in [3.63, 3.8) is 0 Å². The molecule has 0 heterocycles. The van der Waals surface area contributed by atoms with E-state index in [1.165, 1.54) is 121 Å². The van der Waals surface area contributed by atoms with E-state index in [9.17, 15) is 0 Å². The Morgan fingerprint density at radius 3 is 1.30 bits per heavy atom. The van der Waals surface area contributed by atoms with Crippen molar-refractivity contribution in [2.24, 2.45) is 0 Å². The van der Waals surface area contributed by atoms with Crippen LogP contribution in [0.3, 0.4) is 0 Å². The number of hydrogen-bond donors (Lipinski definition) is 0. The van der Waals surface area contributed by atoms with Crippen molar-refractivity contribution < 1.29 is 0 Å². The summed E-state index contributed by atoms with van der Waals surface area (Å²) in [6.07, 6.45) is 0. The van der Waals surface area contributed by atoms with Gasteiger partial charge in [-0.2, -0.15) is 0 Å². The zero-order chi connectivity index (χ0) is 42.1. The number of rotatable bonds is 6. The zero-order valence-electron chi connectivity index (χ0n) is 35.4. The molecule has 0 heteroatoms. The summed E-state index contributed by atoms with van der Waals surface area (Å²) < 4.78 is 0. The fourth-order valence-electron chi connectivity index (χ4n) is 10.5. The Labute approximate surface area is 369 Å². The third-order valence-corrected chi connectivity index (χ3v) is 13.7. The van der Waals surface area contributed by atoms with Crippen molar-refractivity contribution in [1.82, 2.24) is 0 Å². The molecule has 0 nitrogen and oxygen atoms in total. The summed E-state index contributed by atoms with van der Waals surface area (Å²) in [4.78, 5) is 0. The van der Waals surface area contributed by atoms with E-state index in [2.05, 4.69) is 244 Å². The van der Waals surface area contributed by atoms with Gasteiger partial charge in [-0.3, -0.25) is 0 Å². The molecule has 1 aliphatic rings. The molecule has 0 radical (unpaired) electrons. The molecule has 0 aliphatic heterocycles. The topological polar surface area (TPSA) is 0 Å². The summed E-state index contributed by atoms with van der Waals surface area (Å²) in [7, 11) is 0. The quantitative estimate of drug-likeness (QED) is 0.147. The highest BCUT2D eigenvalue weighted by atomic mass is 14.4. The van der Waals surface area contributed by atoms with Crippen molar-refractivity contribution in [3.8, 4) is 77.9 Å². The van der Waals surface area contributed by atoms with E-state index in [0.717, 1.165) is 0 Å². The predicted octanol–water partition coefficient (Wildman–Crippen LogP) is 17.5. The lowest BCUT2D eigenvalue weighted by atomic mass is 9.81. The summed E-state index contributed by atoms with van der Waals surface area (Å²) in [5.41, 5.74) is 20.1. The van der Waals surface area contributed by atoms with Gasteiger partial charge in [0.1, 0.15) is 0 Å². The molecule has 0 atom stereocenters. The SMILES string of the molecule is CC1(C)c2ccccc2-c2ccc(-c3ccc(-c4c5cc(-c6ccccc6)ccc5c(-c5cc6ccccc6cc5-c5ccccc5)c5cc(-c6ccccc6)ccc45)cc3)cc21. The largest absolute Gasteiger partial charge is 0.0622 e. The first-order valence-corrected chi connectivity index (χ1v) is 22.1. The summed E-state index contributed by atoms with van der Waals surface area (Å²) in [5.74, 6) is 0. The van der Waals surface area contributed by atoms with E-state index in [1.54, 1.807) is 0 Å². The second-order valence-corrected chi connectivity index (χ2v) is 17.6. The minimum atomic E-state index is -0.0536. The standard InChI is InChI=1S/C63H44/c1-63(2)59-25-15-14-24-51(59)52-33-30-50(40-60(52)63)43-26-28-45(29-27-43)61-53-34-31-49(42-18-8-4-9-19-42)39-57(53)62(54-35-32-48(38-56(54)61)41-16-6-3-7-17-41)58-37-47-23-13-12-22-46(47)36-55(58)44-20-10-5-11-21-44/h3-40H,1-2H3. The molecule has 1 aliphatic carbocycles. The van der Waals surface area contributed by atoms with Gasteiger partial charge >= 0.3 is 0 Å². The first kappa shape index (κ1) is 37.0. The minimum absolute atomic E-state index is 0.0536. The minimum Gasteiger partial charge on any atom is -0.0622 e. The van der Waals surface area contributed by atoms with Crippen molar-refractivity contribution >= 4 is 32.3 Å². The van der Waals surface area contributed by atoms with E-state index >= 15 is 0 Å². The van der Waals surface area contributed by atoms with Gasteiger partial charge in [0.05, 0.1) is 0 Å². The Morgan fingerprint density at radius 1 is 0.238 bits per heavy atom. The molecule has 296 valence electrons. The molecule has 0 amide bonds. The Kier molecular flexibility index (Phi) is 8.63. The number of hydrogen-bond acceptors (Lipinski definition) is 0. The van der Waals surface area contributed by atoms with Gasteiger partial charge in [0.25, 0.3) is 0 Å². The number of benzene rings is 11. The van der Waals surface area contributed by atoms with Gasteiger partial charge in [-0.25, -0.2) is 0 Å². The molecule has 0 saturated carbocycles. The van der Waals surface area contributed by atoms with Crippen molar-refractivity contribution in [3.05, 3.63) is 242 Å². The molecule has 0 spiro atoms. The van der Waals surface area contributed by atoms with Gasteiger partial charge < -0.3 is 0 Å². The first-order valence-electron chi connectivity index (χ1n) is 22.1. The van der Waals surface area contributed by atoms with Crippen LogP contribution in [0.25, 0.3) is 110 Å². The average molecular weight is 801 g/mol. The molecule has 12 rings (SSSR count). The summed E-state index contributed by atoms with van der Waals surface area (Å²) in [6, 6.07) is 85.7. The van der Waals surface area contributed by atoms with Crippen LogP contribution in [0.5, 0.6) is 0 Å². The van der Waals surface area contributed by atoms with Crippen LogP contribution in [0.1, 0.15) is 25.0 Å². The van der Waals surface area contributed by atoms with Gasteiger partial charge in [-0.05, 0) is 152 Å². The molecule has 0 fully saturated rings. The van der Waals surface area contributed by atoms with Crippen molar-refractivity contribution in [2.75, 3.05) is 0 Å². The second-order valence-electron chi connectivity index (χ2n) is 17.6. The van der Waals surface area contributed by atoms with E-state index in [-0.39, 0.29) is 5.41 Å². The van der Waals surface area contributed by atoms with Crippen LogP contribution in [0.4, 0.5) is 0 Å². The Morgan fingerprint density at radius 2 is 0.667 bits per heavy atom. The Hall–Kier alpha value is -7.80.